The molecule has 0 saturated carbocycles. The predicted molar refractivity (Wildman–Crippen MR) is 51.7 cm³/mol. The van der Waals surface area contributed by atoms with E-state index >= 15 is 0 Å². The van der Waals surface area contributed by atoms with Crippen molar-refractivity contribution in [2.24, 2.45) is 11.0 Å². The molecule has 0 atom stereocenters. The first-order valence-corrected chi connectivity index (χ1v) is 4.15. The quantitative estimate of drug-likeness (QED) is 0.418. The lowest BCUT2D eigenvalue weighted by molar-refractivity contribution is 0.283. The molecule has 0 bridgehead atoms. The second kappa shape index (κ2) is 5.40. The summed E-state index contributed by atoms with van der Waals surface area (Å²) in [5, 5.41) is 4.33. The molecule has 13 heavy (non-hydrogen) atoms. The highest BCUT2D eigenvalue weighted by atomic mass is 16.3. The molecule has 1 rings (SSSR count). The largest absolute Gasteiger partial charge is 0.268 e. The van der Waals surface area contributed by atoms with Crippen LogP contribution >= 0.6 is 0 Å². The molecule has 4 heteroatoms. The lowest BCUT2D eigenvalue weighted by Gasteiger charge is -2.13. The van der Waals surface area contributed by atoms with Crippen molar-refractivity contribution < 1.29 is 0 Å². The van der Waals surface area contributed by atoms with E-state index in [1.165, 1.54) is 0 Å². The Morgan fingerprint density at radius 1 is 1.31 bits per heavy atom. The van der Waals surface area contributed by atoms with E-state index in [1.807, 2.05) is 30.3 Å². The summed E-state index contributed by atoms with van der Waals surface area (Å²) >= 11 is 0. The Kier molecular flexibility index (Phi) is 4.08. The lowest BCUT2D eigenvalue weighted by Crippen LogP contribution is -2.32. The molecular formula is C9H13N3O. The molecular weight excluding hydrogens is 166 g/mol. The van der Waals surface area contributed by atoms with Gasteiger partial charge in [0.2, 0.25) is 0 Å². The lowest BCUT2D eigenvalue weighted by atomic mass is 10.2. The first-order chi connectivity index (χ1) is 6.33. The van der Waals surface area contributed by atoms with Gasteiger partial charge in [0, 0.05) is 13.1 Å². The van der Waals surface area contributed by atoms with Gasteiger partial charge in [0.1, 0.15) is 0 Å². The van der Waals surface area contributed by atoms with Gasteiger partial charge in [-0.25, -0.2) is 5.01 Å². The molecule has 1 aromatic carbocycles. The minimum atomic E-state index is 0.239. The molecule has 1 aromatic rings. The molecule has 2 N–H and O–H groups in total. The van der Waals surface area contributed by atoms with Crippen molar-refractivity contribution in [3.63, 3.8) is 0 Å². The second-order valence-electron chi connectivity index (χ2n) is 2.81. The third kappa shape index (κ3) is 3.78. The molecule has 0 aliphatic carbocycles. The van der Waals surface area contributed by atoms with Crippen LogP contribution in [0.1, 0.15) is 5.56 Å². The molecule has 0 fully saturated rings. The third-order valence-corrected chi connectivity index (χ3v) is 1.71. The van der Waals surface area contributed by atoms with Crippen molar-refractivity contribution in [2.75, 3.05) is 13.1 Å². The van der Waals surface area contributed by atoms with Gasteiger partial charge >= 0.3 is 0 Å². The first kappa shape index (κ1) is 9.83. The van der Waals surface area contributed by atoms with Crippen molar-refractivity contribution in [1.29, 1.82) is 0 Å². The SMILES string of the molecule is NN(CCN=O)Cc1ccccc1. The average Bonchev–Trinajstić information content (AvgIpc) is 2.16. The average molecular weight is 179 g/mol. The number of nitrogens with two attached hydrogens (primary N) is 1. The van der Waals surface area contributed by atoms with Crippen LogP contribution in [0.3, 0.4) is 0 Å². The molecule has 0 saturated heterocycles. The van der Waals surface area contributed by atoms with Gasteiger partial charge in [-0.05, 0) is 5.56 Å². The normalized spacial score (nSPS) is 10.3. The Labute approximate surface area is 77.3 Å². The Balaban J connectivity index is 2.36. The Hall–Kier alpha value is -1.26. The molecule has 0 amide bonds. The minimum absolute atomic E-state index is 0.239. The van der Waals surface area contributed by atoms with Crippen molar-refractivity contribution in [3.8, 4) is 0 Å². The fourth-order valence-electron chi connectivity index (χ4n) is 1.07. The Morgan fingerprint density at radius 3 is 2.62 bits per heavy atom. The number of hydrogen-bond donors (Lipinski definition) is 1. The fraction of sp³-hybridized carbons (Fsp3) is 0.333. The molecule has 0 heterocycles. The van der Waals surface area contributed by atoms with Crippen LogP contribution in [0.2, 0.25) is 0 Å². The van der Waals surface area contributed by atoms with Crippen LogP contribution in [-0.2, 0) is 6.54 Å². The highest BCUT2D eigenvalue weighted by Gasteiger charge is 1.98. The van der Waals surface area contributed by atoms with E-state index in [2.05, 4.69) is 5.18 Å². The summed E-state index contributed by atoms with van der Waals surface area (Å²) in [6, 6.07) is 9.86. The summed E-state index contributed by atoms with van der Waals surface area (Å²) in [6.45, 7) is 1.39. The van der Waals surface area contributed by atoms with Crippen LogP contribution in [0.4, 0.5) is 0 Å². The summed E-state index contributed by atoms with van der Waals surface area (Å²) in [4.78, 5) is 9.83. The smallest absolute Gasteiger partial charge is 0.0952 e. The summed E-state index contributed by atoms with van der Waals surface area (Å²) in [5.41, 5.74) is 1.14. The zero-order chi connectivity index (χ0) is 9.52. The Bertz CT molecular complexity index is 250. The molecule has 4 nitrogen and oxygen atoms in total. The van der Waals surface area contributed by atoms with E-state index in [9.17, 15) is 4.91 Å². The molecule has 0 aromatic heterocycles. The van der Waals surface area contributed by atoms with E-state index in [1.54, 1.807) is 5.01 Å². The fourth-order valence-corrected chi connectivity index (χ4v) is 1.07. The van der Waals surface area contributed by atoms with E-state index < -0.39 is 0 Å². The third-order valence-electron chi connectivity index (χ3n) is 1.71. The summed E-state index contributed by atoms with van der Waals surface area (Å²) in [5.74, 6) is 5.63. The van der Waals surface area contributed by atoms with E-state index in [0.717, 1.165) is 5.56 Å². The van der Waals surface area contributed by atoms with Gasteiger partial charge in [0.05, 0.1) is 6.54 Å². The first-order valence-electron chi connectivity index (χ1n) is 4.15. The van der Waals surface area contributed by atoms with E-state index in [0.29, 0.717) is 13.1 Å². The number of rotatable bonds is 5. The number of benzene rings is 1. The zero-order valence-electron chi connectivity index (χ0n) is 7.39. The van der Waals surface area contributed by atoms with Crippen LogP contribution in [0, 0.1) is 4.91 Å². The highest BCUT2D eigenvalue weighted by Crippen LogP contribution is 2.00. The van der Waals surface area contributed by atoms with Crippen LogP contribution in [0.5, 0.6) is 0 Å². The Morgan fingerprint density at radius 2 is 2.00 bits per heavy atom. The zero-order valence-corrected chi connectivity index (χ0v) is 7.39. The molecule has 0 radical (unpaired) electrons. The minimum Gasteiger partial charge on any atom is -0.268 e. The van der Waals surface area contributed by atoms with Crippen molar-refractivity contribution in [2.45, 2.75) is 6.54 Å². The summed E-state index contributed by atoms with van der Waals surface area (Å²) < 4.78 is 0. The topological polar surface area (TPSA) is 58.7 Å². The summed E-state index contributed by atoms with van der Waals surface area (Å²) in [7, 11) is 0. The van der Waals surface area contributed by atoms with Crippen LogP contribution in [0.15, 0.2) is 35.5 Å². The van der Waals surface area contributed by atoms with Gasteiger partial charge in [-0.3, -0.25) is 5.84 Å². The van der Waals surface area contributed by atoms with Crippen LogP contribution in [0.25, 0.3) is 0 Å². The maximum Gasteiger partial charge on any atom is 0.0952 e. The molecule has 0 aliphatic rings. The van der Waals surface area contributed by atoms with Crippen molar-refractivity contribution in [3.05, 3.63) is 40.8 Å². The maximum atomic E-state index is 9.83. The van der Waals surface area contributed by atoms with Gasteiger partial charge in [-0.1, -0.05) is 35.5 Å². The highest BCUT2D eigenvalue weighted by molar-refractivity contribution is 5.14. The summed E-state index contributed by atoms with van der Waals surface area (Å²) in [6.07, 6.45) is 0. The molecule has 0 spiro atoms. The van der Waals surface area contributed by atoms with Gasteiger partial charge in [-0.15, -0.1) is 0 Å². The van der Waals surface area contributed by atoms with Crippen molar-refractivity contribution in [1.82, 2.24) is 5.01 Å². The van der Waals surface area contributed by atoms with Gasteiger partial charge in [0.25, 0.3) is 0 Å². The number of hydrogen-bond acceptors (Lipinski definition) is 4. The number of nitrogens with zero attached hydrogens (tertiary/aromatic N) is 2. The van der Waals surface area contributed by atoms with E-state index in [4.69, 9.17) is 5.84 Å². The van der Waals surface area contributed by atoms with Crippen LogP contribution < -0.4 is 5.84 Å². The van der Waals surface area contributed by atoms with Gasteiger partial charge < -0.3 is 0 Å². The standard InChI is InChI=1S/C9H13N3O/c10-12(7-6-11-13)8-9-4-2-1-3-5-9/h1-5H,6-8,10H2. The molecule has 0 unspecified atom stereocenters. The van der Waals surface area contributed by atoms with Gasteiger partial charge in [-0.2, -0.15) is 4.91 Å². The van der Waals surface area contributed by atoms with Gasteiger partial charge in [0.15, 0.2) is 0 Å². The second-order valence-corrected chi connectivity index (χ2v) is 2.81. The molecule has 70 valence electrons. The van der Waals surface area contributed by atoms with E-state index in [-0.39, 0.29) is 6.54 Å². The predicted octanol–water partition coefficient (Wildman–Crippen LogP) is 1.13. The molecule has 0 aliphatic heterocycles. The monoisotopic (exact) mass is 179 g/mol. The number of nitroso groups, excluding NO2 is 1. The maximum absolute atomic E-state index is 9.83. The van der Waals surface area contributed by atoms with Crippen molar-refractivity contribution >= 4 is 0 Å². The number of hydrazine groups is 1. The van der Waals surface area contributed by atoms with Crippen LogP contribution in [-0.4, -0.2) is 18.1 Å².